The predicted octanol–water partition coefficient (Wildman–Crippen LogP) is 1.53. The molecule has 0 aromatic heterocycles. The molecule has 0 bridgehead atoms. The van der Waals surface area contributed by atoms with Crippen molar-refractivity contribution >= 4 is 0 Å². The van der Waals surface area contributed by atoms with Crippen molar-refractivity contribution in [1.82, 2.24) is 4.90 Å². The predicted molar refractivity (Wildman–Crippen MR) is 93.9 cm³/mol. The second-order valence-corrected chi connectivity index (χ2v) is 9.58. The molecule has 6 aliphatic rings. The van der Waals surface area contributed by atoms with Gasteiger partial charge in [0.05, 0.1) is 30.6 Å². The highest BCUT2D eigenvalue weighted by atomic mass is 16.7. The van der Waals surface area contributed by atoms with Crippen LogP contribution in [0.25, 0.3) is 0 Å². The molecule has 3 aliphatic heterocycles. The summed E-state index contributed by atoms with van der Waals surface area (Å²) in [7, 11) is 2.26. The molecule has 6 nitrogen and oxygen atoms in total. The van der Waals surface area contributed by atoms with E-state index in [-0.39, 0.29) is 18.4 Å². The van der Waals surface area contributed by atoms with Crippen LogP contribution in [-0.4, -0.2) is 62.2 Å². The second-order valence-electron chi connectivity index (χ2n) is 9.58. The molecular weight excluding hydrogens is 332 g/mol. The molecule has 3 heterocycles. The molecule has 0 amide bonds. The number of piperidine rings is 1. The number of rotatable bonds is 0. The Morgan fingerprint density at radius 3 is 2.38 bits per heavy atom. The molecule has 26 heavy (non-hydrogen) atoms. The molecule has 2 N–H and O–H groups in total. The van der Waals surface area contributed by atoms with Gasteiger partial charge in [0.15, 0.2) is 0 Å². The first-order valence-corrected chi connectivity index (χ1v) is 10.7. The second kappa shape index (κ2) is 6.13. The number of nitrogens with zero attached hydrogens (tertiary/aromatic N) is 1. The summed E-state index contributed by atoms with van der Waals surface area (Å²) in [4.78, 5) is 2.52. The molecule has 3 saturated heterocycles. The average molecular weight is 364 g/mol. The van der Waals surface area contributed by atoms with E-state index >= 15 is 0 Å². The van der Waals surface area contributed by atoms with Crippen molar-refractivity contribution in [3.05, 3.63) is 0 Å². The summed E-state index contributed by atoms with van der Waals surface area (Å²) >= 11 is 0. The molecule has 6 heteroatoms. The topological polar surface area (TPSA) is 66.2 Å². The number of nitrogens with two attached hydrogens (primary N) is 1. The van der Waals surface area contributed by atoms with Gasteiger partial charge >= 0.3 is 0 Å². The van der Waals surface area contributed by atoms with Crippen molar-refractivity contribution in [2.45, 2.75) is 75.1 Å². The highest BCUT2D eigenvalue weighted by molar-refractivity contribution is 5.09. The van der Waals surface area contributed by atoms with Gasteiger partial charge in [0.2, 0.25) is 0 Å². The third kappa shape index (κ3) is 2.26. The van der Waals surface area contributed by atoms with Crippen LogP contribution in [0.2, 0.25) is 0 Å². The van der Waals surface area contributed by atoms with Crippen LogP contribution >= 0.6 is 0 Å². The zero-order chi connectivity index (χ0) is 17.4. The van der Waals surface area contributed by atoms with E-state index in [0.29, 0.717) is 49.6 Å². The van der Waals surface area contributed by atoms with Gasteiger partial charge in [0.1, 0.15) is 13.6 Å². The Kier molecular flexibility index (Phi) is 3.93. The molecule has 3 aliphatic carbocycles. The highest BCUT2D eigenvalue weighted by Gasteiger charge is 2.59. The Labute approximate surface area is 155 Å². The van der Waals surface area contributed by atoms with Crippen LogP contribution in [0.4, 0.5) is 0 Å². The Hall–Kier alpha value is -0.240. The first kappa shape index (κ1) is 16.7. The molecular formula is C20H32N2O4. The van der Waals surface area contributed by atoms with Crippen LogP contribution in [-0.2, 0) is 18.9 Å². The minimum atomic E-state index is 0.0768. The molecule has 6 fully saturated rings. The maximum Gasteiger partial charge on any atom is 0.147 e. The third-order valence-electron chi connectivity index (χ3n) is 8.82. The molecule has 146 valence electrons. The zero-order valence-electron chi connectivity index (χ0n) is 15.7. The Balaban J connectivity index is 1.30. The van der Waals surface area contributed by atoms with Crippen LogP contribution in [0.5, 0.6) is 0 Å². The quantitative estimate of drug-likeness (QED) is 0.703. The Morgan fingerprint density at radius 1 is 0.769 bits per heavy atom. The summed E-state index contributed by atoms with van der Waals surface area (Å²) < 4.78 is 23.6. The van der Waals surface area contributed by atoms with Gasteiger partial charge in [-0.25, -0.2) is 0 Å². The van der Waals surface area contributed by atoms with Crippen molar-refractivity contribution in [2.24, 2.45) is 35.3 Å². The number of hydrogen-bond donors (Lipinski definition) is 1. The largest absolute Gasteiger partial charge is 0.349 e. The fourth-order valence-electron chi connectivity index (χ4n) is 7.74. The van der Waals surface area contributed by atoms with Crippen molar-refractivity contribution < 1.29 is 18.9 Å². The molecule has 3 saturated carbocycles. The molecule has 11 atom stereocenters. The Bertz CT molecular complexity index is 562. The lowest BCUT2D eigenvalue weighted by atomic mass is 9.54. The zero-order valence-corrected chi connectivity index (χ0v) is 15.7. The molecule has 0 spiro atoms. The van der Waals surface area contributed by atoms with Gasteiger partial charge in [-0.05, 0) is 69.2 Å². The van der Waals surface area contributed by atoms with Gasteiger partial charge in [0.25, 0.3) is 0 Å². The first-order valence-electron chi connectivity index (χ1n) is 10.7. The minimum absolute atomic E-state index is 0.0768. The van der Waals surface area contributed by atoms with E-state index in [0.717, 1.165) is 24.7 Å². The van der Waals surface area contributed by atoms with Crippen LogP contribution < -0.4 is 5.73 Å². The summed E-state index contributed by atoms with van der Waals surface area (Å²) in [5.41, 5.74) is 6.86. The summed E-state index contributed by atoms with van der Waals surface area (Å²) in [6.07, 6.45) is 8.58. The van der Waals surface area contributed by atoms with E-state index < -0.39 is 0 Å². The number of likely N-dealkylation sites (tertiary alicyclic amines) is 1. The van der Waals surface area contributed by atoms with Gasteiger partial charge in [-0.3, -0.25) is 4.90 Å². The van der Waals surface area contributed by atoms with Crippen LogP contribution in [0, 0.1) is 29.6 Å². The lowest BCUT2D eigenvalue weighted by Crippen LogP contribution is -2.69. The maximum absolute atomic E-state index is 6.86. The monoisotopic (exact) mass is 364 g/mol. The van der Waals surface area contributed by atoms with Gasteiger partial charge in [0, 0.05) is 12.0 Å². The molecule has 11 unspecified atom stereocenters. The molecule has 0 radical (unpaired) electrons. The molecule has 6 rings (SSSR count). The van der Waals surface area contributed by atoms with E-state index in [9.17, 15) is 0 Å². The van der Waals surface area contributed by atoms with E-state index in [2.05, 4.69) is 11.9 Å². The third-order valence-corrected chi connectivity index (χ3v) is 8.82. The Morgan fingerprint density at radius 2 is 1.50 bits per heavy atom. The van der Waals surface area contributed by atoms with Crippen molar-refractivity contribution in [1.29, 1.82) is 0 Å². The van der Waals surface area contributed by atoms with Gasteiger partial charge in [-0.2, -0.15) is 0 Å². The fourth-order valence-corrected chi connectivity index (χ4v) is 7.74. The van der Waals surface area contributed by atoms with Crippen LogP contribution in [0.1, 0.15) is 38.5 Å². The van der Waals surface area contributed by atoms with Crippen molar-refractivity contribution in [2.75, 3.05) is 20.6 Å². The lowest BCUT2D eigenvalue weighted by Gasteiger charge is -2.61. The normalized spacial score (nSPS) is 59.1. The maximum atomic E-state index is 6.86. The smallest absolute Gasteiger partial charge is 0.147 e. The fraction of sp³-hybridized carbons (Fsp3) is 1.00. The average Bonchev–Trinajstić information content (AvgIpc) is 3.31. The van der Waals surface area contributed by atoms with Gasteiger partial charge in [-0.1, -0.05) is 0 Å². The highest BCUT2D eigenvalue weighted by Crippen LogP contribution is 2.56. The van der Waals surface area contributed by atoms with E-state index in [1.165, 1.54) is 25.7 Å². The summed E-state index contributed by atoms with van der Waals surface area (Å²) in [6.45, 7) is 0.942. The standard InChI is InChI=1S/C20H32N2O4/c1-22-18-12(3-2-10-6-15-16(7-13(10)18)25-8-24-15)11-4-5-14-19(26-9-23-14)17(11)20(22)21/h10-20H,2-9,21H2,1H3. The van der Waals surface area contributed by atoms with Crippen molar-refractivity contribution in [3.63, 3.8) is 0 Å². The number of ether oxygens (including phenoxy) is 4. The summed E-state index contributed by atoms with van der Waals surface area (Å²) in [5.74, 6) is 3.32. The van der Waals surface area contributed by atoms with E-state index in [1.54, 1.807) is 0 Å². The summed E-state index contributed by atoms with van der Waals surface area (Å²) in [5, 5.41) is 0. The first-order chi connectivity index (χ1) is 12.7. The number of hydrogen-bond acceptors (Lipinski definition) is 6. The lowest BCUT2D eigenvalue weighted by molar-refractivity contribution is -0.153. The van der Waals surface area contributed by atoms with Crippen LogP contribution in [0.15, 0.2) is 0 Å². The van der Waals surface area contributed by atoms with Gasteiger partial charge < -0.3 is 24.7 Å². The number of fused-ring (bicyclic) bond motifs is 8. The SMILES string of the molecule is CN1C(N)C2C(CCC3OCOC32)C2CCC3CC4OCOC4CC3C21. The summed E-state index contributed by atoms with van der Waals surface area (Å²) in [6, 6.07) is 0.592. The molecule has 0 aromatic rings. The van der Waals surface area contributed by atoms with Gasteiger partial charge in [-0.15, -0.1) is 0 Å². The van der Waals surface area contributed by atoms with E-state index in [1.807, 2.05) is 0 Å². The van der Waals surface area contributed by atoms with Crippen molar-refractivity contribution in [3.8, 4) is 0 Å². The molecule has 0 aromatic carbocycles. The van der Waals surface area contributed by atoms with E-state index in [4.69, 9.17) is 24.7 Å². The minimum Gasteiger partial charge on any atom is -0.349 e. The van der Waals surface area contributed by atoms with Crippen LogP contribution in [0.3, 0.4) is 0 Å².